The van der Waals surface area contributed by atoms with Crippen molar-refractivity contribution in [1.29, 1.82) is 0 Å². The van der Waals surface area contributed by atoms with Crippen LogP contribution in [0.1, 0.15) is 0 Å². The molecule has 2 aromatic heterocycles. The average molecular weight is 676 g/mol. The van der Waals surface area contributed by atoms with Gasteiger partial charge < -0.3 is 4.98 Å². The smallest absolute Gasteiger partial charge is 0.160 e. The van der Waals surface area contributed by atoms with Crippen molar-refractivity contribution in [3.05, 3.63) is 194 Å². The van der Waals surface area contributed by atoms with Crippen molar-refractivity contribution >= 4 is 32.3 Å². The van der Waals surface area contributed by atoms with Crippen LogP contribution >= 0.6 is 0 Å². The Morgan fingerprint density at radius 3 is 1.62 bits per heavy atom. The molecule has 0 saturated carbocycles. The Morgan fingerprint density at radius 1 is 0.321 bits per heavy atom. The summed E-state index contributed by atoms with van der Waals surface area (Å²) in [5.41, 5.74) is 11.9. The van der Waals surface area contributed by atoms with Crippen molar-refractivity contribution in [3.8, 4) is 67.4 Å². The Labute approximate surface area is 307 Å². The van der Waals surface area contributed by atoms with Crippen LogP contribution in [0.4, 0.5) is 0 Å². The zero-order valence-corrected chi connectivity index (χ0v) is 28.9. The summed E-state index contributed by atoms with van der Waals surface area (Å²) in [6, 6.07) is 66.9. The molecule has 0 aliphatic rings. The van der Waals surface area contributed by atoms with Gasteiger partial charge in [0.2, 0.25) is 0 Å². The third-order valence-electron chi connectivity index (χ3n) is 10.3. The summed E-state index contributed by atoms with van der Waals surface area (Å²) in [6.07, 6.45) is 1.95. The highest BCUT2D eigenvalue weighted by atomic mass is 14.9. The van der Waals surface area contributed by atoms with E-state index in [-0.39, 0.29) is 0 Å². The second-order valence-electron chi connectivity index (χ2n) is 13.5. The maximum atomic E-state index is 5.22. The quantitative estimate of drug-likeness (QED) is 0.178. The molecule has 0 spiro atoms. The number of benzene rings is 8. The minimum atomic E-state index is 0.698. The number of fused-ring (bicyclic) bond motifs is 4. The molecule has 0 unspecified atom stereocenters. The van der Waals surface area contributed by atoms with E-state index in [9.17, 15) is 0 Å². The highest BCUT2D eigenvalue weighted by Gasteiger charge is 2.14. The molecule has 10 rings (SSSR count). The van der Waals surface area contributed by atoms with Crippen LogP contribution < -0.4 is 0 Å². The van der Waals surface area contributed by atoms with Crippen LogP contribution in [0.15, 0.2) is 194 Å². The monoisotopic (exact) mass is 675 g/mol. The standard InChI is InChI=1S/C50H33N3/c1-3-12-41-35(9-1)11-7-16-45(41)49-32-48(38-26-20-34(21-27-38)33-18-24-37(25-19-33)47-17-8-30-51-47)52-50(53-49)39-28-22-36(23-29-39)46-31-40-10-2-4-13-42(40)43-14-5-6-15-44(43)46/h1-32,51H. The van der Waals surface area contributed by atoms with Gasteiger partial charge in [0.1, 0.15) is 0 Å². The molecule has 8 aromatic carbocycles. The van der Waals surface area contributed by atoms with Crippen LogP contribution in [0.2, 0.25) is 0 Å². The molecule has 3 heteroatoms. The topological polar surface area (TPSA) is 41.6 Å². The van der Waals surface area contributed by atoms with E-state index < -0.39 is 0 Å². The molecule has 0 fully saturated rings. The molecule has 53 heavy (non-hydrogen) atoms. The number of aromatic nitrogens is 3. The van der Waals surface area contributed by atoms with Gasteiger partial charge in [-0.15, -0.1) is 0 Å². The predicted octanol–water partition coefficient (Wildman–Crippen LogP) is 13.3. The lowest BCUT2D eigenvalue weighted by molar-refractivity contribution is 1.18. The number of nitrogens with zero attached hydrogens (tertiary/aromatic N) is 2. The Morgan fingerprint density at radius 2 is 0.887 bits per heavy atom. The van der Waals surface area contributed by atoms with Gasteiger partial charge in [-0.3, -0.25) is 0 Å². The maximum absolute atomic E-state index is 5.22. The van der Waals surface area contributed by atoms with Crippen LogP contribution in [-0.4, -0.2) is 15.0 Å². The van der Waals surface area contributed by atoms with Gasteiger partial charge >= 0.3 is 0 Å². The average Bonchev–Trinajstić information content (AvgIpc) is 3.79. The van der Waals surface area contributed by atoms with E-state index in [1.165, 1.54) is 49.0 Å². The molecule has 0 amide bonds. The largest absolute Gasteiger partial charge is 0.361 e. The van der Waals surface area contributed by atoms with Crippen LogP contribution in [0.25, 0.3) is 99.7 Å². The summed E-state index contributed by atoms with van der Waals surface area (Å²) in [7, 11) is 0. The molecule has 3 nitrogen and oxygen atoms in total. The summed E-state index contributed by atoms with van der Waals surface area (Å²) in [4.78, 5) is 13.7. The molecule has 2 heterocycles. The fourth-order valence-electron chi connectivity index (χ4n) is 7.59. The number of aromatic amines is 1. The number of H-pyrrole nitrogens is 1. The number of rotatable bonds is 6. The molecule has 248 valence electrons. The van der Waals surface area contributed by atoms with Gasteiger partial charge in [-0.1, -0.05) is 164 Å². The zero-order valence-electron chi connectivity index (χ0n) is 28.9. The third-order valence-corrected chi connectivity index (χ3v) is 10.3. The van der Waals surface area contributed by atoms with E-state index in [0.717, 1.165) is 44.9 Å². The summed E-state index contributed by atoms with van der Waals surface area (Å²) in [5.74, 6) is 0.698. The van der Waals surface area contributed by atoms with Gasteiger partial charge in [-0.2, -0.15) is 0 Å². The first-order valence-electron chi connectivity index (χ1n) is 18.0. The first-order valence-corrected chi connectivity index (χ1v) is 18.0. The van der Waals surface area contributed by atoms with Gasteiger partial charge in [0.05, 0.1) is 11.4 Å². The van der Waals surface area contributed by atoms with Gasteiger partial charge in [0, 0.05) is 28.6 Å². The van der Waals surface area contributed by atoms with E-state index in [4.69, 9.17) is 9.97 Å². The van der Waals surface area contributed by atoms with E-state index in [0.29, 0.717) is 5.82 Å². The highest BCUT2D eigenvalue weighted by Crippen LogP contribution is 2.37. The zero-order chi connectivity index (χ0) is 35.1. The normalized spacial score (nSPS) is 11.4. The van der Waals surface area contributed by atoms with Crippen molar-refractivity contribution in [2.45, 2.75) is 0 Å². The lowest BCUT2D eigenvalue weighted by Crippen LogP contribution is -1.96. The lowest BCUT2D eigenvalue weighted by Gasteiger charge is -2.13. The first kappa shape index (κ1) is 30.7. The summed E-state index contributed by atoms with van der Waals surface area (Å²) >= 11 is 0. The SMILES string of the molecule is c1c[nH]c(-c2ccc(-c3ccc(-c4cc(-c5cccc6ccccc56)nc(-c5ccc(-c6cc7ccccc7c7ccccc67)cc5)n4)cc3)cc2)c1. The van der Waals surface area contributed by atoms with Crippen molar-refractivity contribution in [3.63, 3.8) is 0 Å². The number of hydrogen-bond acceptors (Lipinski definition) is 2. The fourth-order valence-corrected chi connectivity index (χ4v) is 7.59. The molecular weight excluding hydrogens is 643 g/mol. The number of nitrogens with one attached hydrogen (secondary N) is 1. The minimum absolute atomic E-state index is 0.698. The van der Waals surface area contributed by atoms with Crippen molar-refractivity contribution < 1.29 is 0 Å². The van der Waals surface area contributed by atoms with Crippen molar-refractivity contribution in [2.75, 3.05) is 0 Å². The molecule has 0 saturated heterocycles. The van der Waals surface area contributed by atoms with Gasteiger partial charge in [-0.25, -0.2) is 9.97 Å². The second-order valence-corrected chi connectivity index (χ2v) is 13.5. The molecule has 0 radical (unpaired) electrons. The summed E-state index contributed by atoms with van der Waals surface area (Å²) in [5, 5.41) is 7.37. The van der Waals surface area contributed by atoms with E-state index in [1.807, 2.05) is 12.3 Å². The molecular formula is C50H33N3. The molecule has 0 atom stereocenters. The van der Waals surface area contributed by atoms with Crippen LogP contribution in [0, 0.1) is 0 Å². The van der Waals surface area contributed by atoms with Crippen LogP contribution in [0.3, 0.4) is 0 Å². The number of hydrogen-bond donors (Lipinski definition) is 1. The van der Waals surface area contributed by atoms with E-state index in [2.05, 4.69) is 187 Å². The highest BCUT2D eigenvalue weighted by molar-refractivity contribution is 6.13. The van der Waals surface area contributed by atoms with Crippen molar-refractivity contribution in [2.24, 2.45) is 0 Å². The van der Waals surface area contributed by atoms with Crippen LogP contribution in [0.5, 0.6) is 0 Å². The molecule has 0 aliphatic carbocycles. The summed E-state index contributed by atoms with van der Waals surface area (Å²) in [6.45, 7) is 0. The minimum Gasteiger partial charge on any atom is -0.361 e. The van der Waals surface area contributed by atoms with Gasteiger partial charge in [0.25, 0.3) is 0 Å². The van der Waals surface area contributed by atoms with Gasteiger partial charge in [-0.05, 0) is 84.4 Å². The Hall–Kier alpha value is -7.10. The maximum Gasteiger partial charge on any atom is 0.160 e. The molecule has 0 bridgehead atoms. The van der Waals surface area contributed by atoms with E-state index >= 15 is 0 Å². The Kier molecular flexibility index (Phi) is 7.47. The molecule has 1 N–H and O–H groups in total. The Balaban J connectivity index is 1.06. The fraction of sp³-hybridized carbons (Fsp3) is 0. The van der Waals surface area contributed by atoms with Gasteiger partial charge in [0.15, 0.2) is 5.82 Å². The predicted molar refractivity (Wildman–Crippen MR) is 222 cm³/mol. The third kappa shape index (κ3) is 5.65. The Bertz CT molecular complexity index is 2900. The first-order chi connectivity index (χ1) is 26.2. The molecule has 0 aliphatic heterocycles. The van der Waals surface area contributed by atoms with E-state index in [1.54, 1.807) is 0 Å². The van der Waals surface area contributed by atoms with Crippen molar-refractivity contribution in [1.82, 2.24) is 15.0 Å². The lowest BCUT2D eigenvalue weighted by atomic mass is 9.93. The van der Waals surface area contributed by atoms with Crippen LogP contribution in [-0.2, 0) is 0 Å². The summed E-state index contributed by atoms with van der Waals surface area (Å²) < 4.78 is 0. The second kappa shape index (κ2) is 12.9. The molecule has 10 aromatic rings.